The van der Waals surface area contributed by atoms with E-state index < -0.39 is 18.3 Å². The van der Waals surface area contributed by atoms with Gasteiger partial charge in [0.05, 0.1) is 22.9 Å². The molecule has 0 radical (unpaired) electrons. The SMILES string of the molecule is CCOC(=O)c1ccc(Cl)c(OC(F)F)c1N. The van der Waals surface area contributed by atoms with Crippen molar-refractivity contribution >= 4 is 23.3 Å². The first-order valence-corrected chi connectivity index (χ1v) is 5.05. The minimum atomic E-state index is -3.08. The predicted octanol–water partition coefficient (Wildman–Crippen LogP) is 2.70. The van der Waals surface area contributed by atoms with Crippen molar-refractivity contribution in [1.82, 2.24) is 0 Å². The Morgan fingerprint density at radius 1 is 1.53 bits per heavy atom. The van der Waals surface area contributed by atoms with Crippen LogP contribution in [0.3, 0.4) is 0 Å². The number of carbonyl (C=O) groups is 1. The van der Waals surface area contributed by atoms with Gasteiger partial charge in [-0.25, -0.2) is 4.79 Å². The molecule has 0 aromatic heterocycles. The van der Waals surface area contributed by atoms with E-state index in [9.17, 15) is 13.6 Å². The fourth-order valence-corrected chi connectivity index (χ4v) is 1.38. The quantitative estimate of drug-likeness (QED) is 0.672. The van der Waals surface area contributed by atoms with Gasteiger partial charge in [-0.3, -0.25) is 0 Å². The molecule has 7 heteroatoms. The first-order chi connectivity index (χ1) is 7.97. The lowest BCUT2D eigenvalue weighted by atomic mass is 10.1. The number of nitrogen functional groups attached to an aromatic ring is 1. The van der Waals surface area contributed by atoms with E-state index in [0.717, 1.165) is 0 Å². The molecule has 94 valence electrons. The molecule has 0 aliphatic rings. The molecule has 0 aliphatic heterocycles. The normalized spacial score (nSPS) is 10.4. The maximum Gasteiger partial charge on any atom is 0.387 e. The number of halogens is 3. The third-order valence-electron chi connectivity index (χ3n) is 1.85. The van der Waals surface area contributed by atoms with Crippen molar-refractivity contribution in [2.45, 2.75) is 13.5 Å². The first-order valence-electron chi connectivity index (χ1n) is 4.67. The zero-order valence-corrected chi connectivity index (χ0v) is 9.63. The lowest BCUT2D eigenvalue weighted by Gasteiger charge is -2.12. The molecule has 0 heterocycles. The Hall–Kier alpha value is -1.56. The van der Waals surface area contributed by atoms with Gasteiger partial charge in [-0.1, -0.05) is 11.6 Å². The van der Waals surface area contributed by atoms with Gasteiger partial charge < -0.3 is 15.2 Å². The highest BCUT2D eigenvalue weighted by Gasteiger charge is 2.19. The second kappa shape index (κ2) is 5.67. The Kier molecular flexibility index (Phi) is 4.51. The molecule has 0 spiro atoms. The highest BCUT2D eigenvalue weighted by molar-refractivity contribution is 6.32. The van der Waals surface area contributed by atoms with E-state index in [-0.39, 0.29) is 22.9 Å². The van der Waals surface area contributed by atoms with E-state index in [1.54, 1.807) is 6.92 Å². The molecule has 0 amide bonds. The molecule has 0 fully saturated rings. The smallest absolute Gasteiger partial charge is 0.387 e. The average molecular weight is 266 g/mol. The third kappa shape index (κ3) is 3.20. The van der Waals surface area contributed by atoms with Gasteiger partial charge in [0.2, 0.25) is 0 Å². The maximum atomic E-state index is 12.1. The zero-order chi connectivity index (χ0) is 13.0. The van der Waals surface area contributed by atoms with Crippen LogP contribution in [0.4, 0.5) is 14.5 Å². The van der Waals surface area contributed by atoms with Crippen LogP contribution < -0.4 is 10.5 Å². The van der Waals surface area contributed by atoms with E-state index in [2.05, 4.69) is 4.74 Å². The van der Waals surface area contributed by atoms with Crippen molar-refractivity contribution in [3.63, 3.8) is 0 Å². The van der Waals surface area contributed by atoms with Crippen LogP contribution in [0.25, 0.3) is 0 Å². The number of benzene rings is 1. The molecule has 1 aromatic rings. The lowest BCUT2D eigenvalue weighted by Crippen LogP contribution is -2.11. The molecule has 0 atom stereocenters. The Balaban J connectivity index is 3.14. The second-order valence-electron chi connectivity index (χ2n) is 2.94. The van der Waals surface area contributed by atoms with E-state index in [1.807, 2.05) is 0 Å². The summed E-state index contributed by atoms with van der Waals surface area (Å²) in [6.45, 7) is -1.32. The fraction of sp³-hybridized carbons (Fsp3) is 0.300. The van der Waals surface area contributed by atoms with Crippen LogP contribution >= 0.6 is 11.6 Å². The predicted molar refractivity (Wildman–Crippen MR) is 58.5 cm³/mol. The van der Waals surface area contributed by atoms with Gasteiger partial charge in [-0.2, -0.15) is 8.78 Å². The summed E-state index contributed by atoms with van der Waals surface area (Å²) < 4.78 is 33.1. The van der Waals surface area contributed by atoms with Crippen LogP contribution in [0.1, 0.15) is 17.3 Å². The second-order valence-corrected chi connectivity index (χ2v) is 3.34. The van der Waals surface area contributed by atoms with Crippen molar-refractivity contribution in [3.05, 3.63) is 22.7 Å². The minimum Gasteiger partial charge on any atom is -0.462 e. The van der Waals surface area contributed by atoms with E-state index >= 15 is 0 Å². The Morgan fingerprint density at radius 3 is 2.71 bits per heavy atom. The summed E-state index contributed by atoms with van der Waals surface area (Å²) >= 11 is 5.64. The van der Waals surface area contributed by atoms with Gasteiger partial charge >= 0.3 is 12.6 Å². The van der Waals surface area contributed by atoms with E-state index in [4.69, 9.17) is 22.1 Å². The number of alkyl halides is 2. The van der Waals surface area contributed by atoms with Gasteiger partial charge in [0.1, 0.15) is 0 Å². The molecular weight excluding hydrogens is 256 g/mol. The number of ether oxygens (including phenoxy) is 2. The van der Waals surface area contributed by atoms with Crippen molar-refractivity contribution in [2.75, 3.05) is 12.3 Å². The van der Waals surface area contributed by atoms with Crippen molar-refractivity contribution in [1.29, 1.82) is 0 Å². The van der Waals surface area contributed by atoms with Crippen LogP contribution in [-0.2, 0) is 4.74 Å². The highest BCUT2D eigenvalue weighted by atomic mass is 35.5. The van der Waals surface area contributed by atoms with Crippen LogP contribution in [0.15, 0.2) is 12.1 Å². The van der Waals surface area contributed by atoms with Gasteiger partial charge in [0.15, 0.2) is 5.75 Å². The first kappa shape index (κ1) is 13.5. The number of hydrogen-bond acceptors (Lipinski definition) is 4. The standard InChI is InChI=1S/C10H10ClF2NO3/c1-2-16-9(15)5-3-4-6(11)8(7(5)14)17-10(12)13/h3-4,10H,2,14H2,1H3. The van der Waals surface area contributed by atoms with Crippen LogP contribution in [0, 0.1) is 0 Å². The molecule has 2 N–H and O–H groups in total. The number of nitrogens with two attached hydrogens (primary N) is 1. The van der Waals surface area contributed by atoms with Crippen molar-refractivity contribution < 1.29 is 23.0 Å². The molecule has 4 nitrogen and oxygen atoms in total. The van der Waals surface area contributed by atoms with Gasteiger partial charge in [-0.15, -0.1) is 0 Å². The molecule has 0 unspecified atom stereocenters. The molecule has 1 rings (SSSR count). The Morgan fingerprint density at radius 2 is 2.18 bits per heavy atom. The van der Waals surface area contributed by atoms with E-state index in [1.165, 1.54) is 12.1 Å². The number of carbonyl (C=O) groups excluding carboxylic acids is 1. The zero-order valence-electron chi connectivity index (χ0n) is 8.88. The number of hydrogen-bond donors (Lipinski definition) is 1. The van der Waals surface area contributed by atoms with Gasteiger partial charge in [0, 0.05) is 0 Å². The lowest BCUT2D eigenvalue weighted by molar-refractivity contribution is -0.0493. The van der Waals surface area contributed by atoms with Crippen LogP contribution in [-0.4, -0.2) is 19.2 Å². The highest BCUT2D eigenvalue weighted by Crippen LogP contribution is 2.35. The number of rotatable bonds is 4. The van der Waals surface area contributed by atoms with Crippen LogP contribution in [0.5, 0.6) is 5.75 Å². The largest absolute Gasteiger partial charge is 0.462 e. The maximum absolute atomic E-state index is 12.1. The van der Waals surface area contributed by atoms with Gasteiger partial charge in [-0.05, 0) is 19.1 Å². The summed E-state index contributed by atoms with van der Waals surface area (Å²) in [5, 5.41) is -0.101. The Bertz CT molecular complexity index is 426. The molecule has 1 aromatic carbocycles. The summed E-state index contributed by atoms with van der Waals surface area (Å²) in [6, 6.07) is 2.52. The van der Waals surface area contributed by atoms with Gasteiger partial charge in [0.25, 0.3) is 0 Å². The molecule has 17 heavy (non-hydrogen) atoms. The summed E-state index contributed by atoms with van der Waals surface area (Å²) in [5.41, 5.74) is 5.19. The minimum absolute atomic E-state index is 0.0631. The number of anilines is 1. The third-order valence-corrected chi connectivity index (χ3v) is 2.15. The molecule has 0 saturated heterocycles. The topological polar surface area (TPSA) is 61.5 Å². The summed E-state index contributed by atoms with van der Waals surface area (Å²) in [7, 11) is 0. The summed E-state index contributed by atoms with van der Waals surface area (Å²) in [5.74, 6) is -1.15. The molecular formula is C10H10ClF2NO3. The Labute approximate surface area is 101 Å². The van der Waals surface area contributed by atoms with Crippen molar-refractivity contribution in [3.8, 4) is 5.75 Å². The van der Waals surface area contributed by atoms with Crippen molar-refractivity contribution in [2.24, 2.45) is 0 Å². The molecule has 0 bridgehead atoms. The monoisotopic (exact) mass is 265 g/mol. The fourth-order valence-electron chi connectivity index (χ4n) is 1.17. The summed E-state index contributed by atoms with van der Waals surface area (Å²) in [6.07, 6.45) is 0. The van der Waals surface area contributed by atoms with E-state index in [0.29, 0.717) is 0 Å². The summed E-state index contributed by atoms with van der Waals surface area (Å²) in [4.78, 5) is 11.4. The molecule has 0 aliphatic carbocycles. The average Bonchev–Trinajstić information content (AvgIpc) is 2.24. The number of esters is 1. The molecule has 0 saturated carbocycles. The van der Waals surface area contributed by atoms with Crippen LogP contribution in [0.2, 0.25) is 5.02 Å².